The first kappa shape index (κ1) is 14.8. The molecule has 2 aromatic rings. The van der Waals surface area contributed by atoms with Gasteiger partial charge in [-0.1, -0.05) is 34.5 Å². The molecule has 1 aromatic heterocycles. The number of rotatable bonds is 5. The molecule has 0 bridgehead atoms. The number of aryl methyl sites for hydroxylation is 1. The molecule has 1 atom stereocenters. The van der Waals surface area contributed by atoms with Crippen molar-refractivity contribution in [3.05, 3.63) is 39.5 Å². The Labute approximate surface area is 126 Å². The van der Waals surface area contributed by atoms with E-state index in [1.807, 2.05) is 13.0 Å². The van der Waals surface area contributed by atoms with Gasteiger partial charge in [0.15, 0.2) is 0 Å². The number of aliphatic hydroxyl groups is 1. The molecule has 0 saturated heterocycles. The zero-order valence-electron chi connectivity index (χ0n) is 10.9. The van der Waals surface area contributed by atoms with Crippen LogP contribution in [0.25, 0.3) is 10.9 Å². The predicted octanol–water partition coefficient (Wildman–Crippen LogP) is 4.74. The van der Waals surface area contributed by atoms with Crippen molar-refractivity contribution in [2.75, 3.05) is 0 Å². The van der Waals surface area contributed by atoms with Crippen LogP contribution in [0.4, 0.5) is 0 Å². The van der Waals surface area contributed by atoms with Crippen LogP contribution < -0.4 is 0 Å². The van der Waals surface area contributed by atoms with E-state index < -0.39 is 0 Å². The highest BCUT2D eigenvalue weighted by atomic mass is 79.9. The van der Waals surface area contributed by atoms with Crippen LogP contribution in [0.15, 0.2) is 28.9 Å². The van der Waals surface area contributed by atoms with Gasteiger partial charge in [-0.05, 0) is 49.4 Å². The van der Waals surface area contributed by atoms with Crippen LogP contribution in [0, 0.1) is 0 Å². The molecule has 0 unspecified atom stereocenters. The molecular formula is C15H17BrClNO. The summed E-state index contributed by atoms with van der Waals surface area (Å²) in [5, 5.41) is 11.3. The monoisotopic (exact) mass is 341 g/mol. The lowest BCUT2D eigenvalue weighted by molar-refractivity contribution is 0.158. The van der Waals surface area contributed by atoms with Gasteiger partial charge in [-0.15, -0.1) is 0 Å². The molecule has 2 nitrogen and oxygen atoms in total. The second kappa shape index (κ2) is 6.69. The van der Waals surface area contributed by atoms with E-state index in [1.165, 1.54) is 5.56 Å². The third-order valence-corrected chi connectivity index (χ3v) is 4.38. The molecule has 0 amide bonds. The first-order chi connectivity index (χ1) is 9.11. The highest BCUT2D eigenvalue weighted by Crippen LogP contribution is 2.29. The molecule has 19 heavy (non-hydrogen) atoms. The van der Waals surface area contributed by atoms with Crippen molar-refractivity contribution < 1.29 is 5.11 Å². The number of pyridine rings is 1. The number of fused-ring (bicyclic) bond motifs is 1. The summed E-state index contributed by atoms with van der Waals surface area (Å²) in [6, 6.07) is 5.90. The minimum atomic E-state index is -0.188. The third kappa shape index (κ3) is 3.68. The fourth-order valence-electron chi connectivity index (χ4n) is 2.10. The van der Waals surface area contributed by atoms with Crippen molar-refractivity contribution >= 4 is 38.4 Å². The van der Waals surface area contributed by atoms with Gasteiger partial charge < -0.3 is 5.11 Å². The standard InChI is InChI=1S/C15H17BrClNO/c1-2-11(19)5-3-4-10-8-15-12(9-13(10)16)14(17)6-7-18-15/h6-9,11,19H,2-5H2,1H3/t11-/m1/s1. The number of halogens is 2. The number of hydrogen-bond acceptors (Lipinski definition) is 2. The summed E-state index contributed by atoms with van der Waals surface area (Å²) in [7, 11) is 0. The van der Waals surface area contributed by atoms with Gasteiger partial charge in [0, 0.05) is 16.1 Å². The normalized spacial score (nSPS) is 12.8. The molecule has 1 N–H and O–H groups in total. The zero-order chi connectivity index (χ0) is 13.8. The first-order valence-electron chi connectivity index (χ1n) is 6.52. The van der Waals surface area contributed by atoms with E-state index in [9.17, 15) is 5.11 Å². The van der Waals surface area contributed by atoms with E-state index in [0.717, 1.165) is 46.1 Å². The molecule has 0 fully saturated rings. The van der Waals surface area contributed by atoms with E-state index in [1.54, 1.807) is 12.3 Å². The SMILES string of the molecule is CC[C@@H](O)CCCc1cc2nccc(Cl)c2cc1Br. The van der Waals surface area contributed by atoms with Crippen LogP contribution >= 0.6 is 27.5 Å². The van der Waals surface area contributed by atoms with Crippen molar-refractivity contribution in [2.45, 2.75) is 38.7 Å². The van der Waals surface area contributed by atoms with Crippen LogP contribution in [-0.2, 0) is 6.42 Å². The summed E-state index contributed by atoms with van der Waals surface area (Å²) >= 11 is 9.74. The fourth-order valence-corrected chi connectivity index (χ4v) is 2.85. The molecular weight excluding hydrogens is 326 g/mol. The maximum Gasteiger partial charge on any atom is 0.0720 e. The predicted molar refractivity (Wildman–Crippen MR) is 83.7 cm³/mol. The molecule has 2 rings (SSSR count). The molecule has 0 radical (unpaired) electrons. The summed E-state index contributed by atoms with van der Waals surface area (Å²) in [6.45, 7) is 2.00. The number of aromatic nitrogens is 1. The lowest BCUT2D eigenvalue weighted by Crippen LogP contribution is -2.04. The van der Waals surface area contributed by atoms with Crippen LogP contribution in [0.1, 0.15) is 31.7 Å². The number of benzene rings is 1. The number of nitrogens with zero attached hydrogens (tertiary/aromatic N) is 1. The summed E-state index contributed by atoms with van der Waals surface area (Å²) in [5.41, 5.74) is 2.13. The van der Waals surface area contributed by atoms with E-state index in [2.05, 4.69) is 27.0 Å². The Balaban J connectivity index is 2.17. The third-order valence-electron chi connectivity index (χ3n) is 3.31. The van der Waals surface area contributed by atoms with Crippen molar-refractivity contribution in [1.29, 1.82) is 0 Å². The van der Waals surface area contributed by atoms with Crippen LogP contribution in [-0.4, -0.2) is 16.2 Å². The van der Waals surface area contributed by atoms with Gasteiger partial charge in [0.1, 0.15) is 0 Å². The van der Waals surface area contributed by atoms with Gasteiger partial charge in [0.05, 0.1) is 16.6 Å². The van der Waals surface area contributed by atoms with Crippen LogP contribution in [0.3, 0.4) is 0 Å². The van der Waals surface area contributed by atoms with Gasteiger partial charge in [-0.2, -0.15) is 0 Å². The lowest BCUT2D eigenvalue weighted by Gasteiger charge is -2.10. The topological polar surface area (TPSA) is 33.1 Å². The Bertz CT molecular complexity index is 573. The van der Waals surface area contributed by atoms with Gasteiger partial charge >= 0.3 is 0 Å². The Morgan fingerprint density at radius 1 is 1.42 bits per heavy atom. The average Bonchev–Trinajstić information content (AvgIpc) is 2.40. The number of aliphatic hydroxyl groups excluding tert-OH is 1. The molecule has 0 saturated carbocycles. The van der Waals surface area contributed by atoms with Gasteiger partial charge in [0.2, 0.25) is 0 Å². The Kier molecular flexibility index (Phi) is 5.20. The van der Waals surface area contributed by atoms with Gasteiger partial charge in [-0.3, -0.25) is 4.98 Å². The van der Waals surface area contributed by atoms with Crippen molar-refractivity contribution in [3.63, 3.8) is 0 Å². The average molecular weight is 343 g/mol. The molecule has 1 aromatic carbocycles. The Morgan fingerprint density at radius 2 is 2.21 bits per heavy atom. The summed E-state index contributed by atoms with van der Waals surface area (Å²) < 4.78 is 1.06. The highest BCUT2D eigenvalue weighted by molar-refractivity contribution is 9.10. The minimum absolute atomic E-state index is 0.188. The largest absolute Gasteiger partial charge is 0.393 e. The van der Waals surface area contributed by atoms with E-state index in [0.29, 0.717) is 0 Å². The highest BCUT2D eigenvalue weighted by Gasteiger charge is 2.07. The second-order valence-electron chi connectivity index (χ2n) is 4.71. The Hall–Kier alpha value is -0.640. The molecule has 4 heteroatoms. The maximum absolute atomic E-state index is 9.57. The van der Waals surface area contributed by atoms with Gasteiger partial charge in [0.25, 0.3) is 0 Å². The van der Waals surface area contributed by atoms with Crippen LogP contribution in [0.2, 0.25) is 5.02 Å². The van der Waals surface area contributed by atoms with Gasteiger partial charge in [-0.25, -0.2) is 0 Å². The molecule has 0 aliphatic heterocycles. The molecule has 0 spiro atoms. The first-order valence-corrected chi connectivity index (χ1v) is 7.69. The quantitative estimate of drug-likeness (QED) is 0.851. The maximum atomic E-state index is 9.57. The summed E-state index contributed by atoms with van der Waals surface area (Å²) in [5.74, 6) is 0. The molecule has 0 aliphatic rings. The Morgan fingerprint density at radius 3 is 2.95 bits per heavy atom. The number of hydrogen-bond donors (Lipinski definition) is 1. The van der Waals surface area contributed by atoms with E-state index in [-0.39, 0.29) is 6.10 Å². The molecule has 0 aliphatic carbocycles. The van der Waals surface area contributed by atoms with Crippen molar-refractivity contribution in [3.8, 4) is 0 Å². The summed E-state index contributed by atoms with van der Waals surface area (Å²) in [4.78, 5) is 4.35. The van der Waals surface area contributed by atoms with Crippen molar-refractivity contribution in [2.24, 2.45) is 0 Å². The second-order valence-corrected chi connectivity index (χ2v) is 5.97. The lowest BCUT2D eigenvalue weighted by atomic mass is 10.0. The van der Waals surface area contributed by atoms with E-state index >= 15 is 0 Å². The minimum Gasteiger partial charge on any atom is -0.393 e. The smallest absolute Gasteiger partial charge is 0.0720 e. The van der Waals surface area contributed by atoms with Crippen molar-refractivity contribution in [1.82, 2.24) is 4.98 Å². The van der Waals surface area contributed by atoms with Crippen LogP contribution in [0.5, 0.6) is 0 Å². The molecule has 102 valence electrons. The fraction of sp³-hybridized carbons (Fsp3) is 0.400. The summed E-state index contributed by atoms with van der Waals surface area (Å²) in [6.07, 6.45) is 5.09. The molecule has 1 heterocycles. The zero-order valence-corrected chi connectivity index (χ0v) is 13.2. The van der Waals surface area contributed by atoms with E-state index in [4.69, 9.17) is 11.6 Å².